The lowest BCUT2D eigenvalue weighted by Crippen LogP contribution is -2.11. The second-order valence-electron chi connectivity index (χ2n) is 2.58. The van der Waals surface area contributed by atoms with Gasteiger partial charge in [0.2, 0.25) is 0 Å². The number of carbonyl (C=O) groups excluding carboxylic acids is 1. The molecule has 0 heterocycles. The maximum Gasteiger partial charge on any atom is 0.145 e. The van der Waals surface area contributed by atoms with Crippen LogP contribution in [0.25, 0.3) is 0 Å². The lowest BCUT2D eigenvalue weighted by atomic mass is 10.3. The number of ketones is 1. The van der Waals surface area contributed by atoms with Crippen molar-refractivity contribution in [2.24, 2.45) is 0 Å². The van der Waals surface area contributed by atoms with Crippen molar-refractivity contribution < 1.29 is 9.00 Å². The molecule has 11 heavy (non-hydrogen) atoms. The van der Waals surface area contributed by atoms with E-state index >= 15 is 0 Å². The molecule has 0 saturated heterocycles. The summed E-state index contributed by atoms with van der Waals surface area (Å²) in [5.74, 6) is 1.07. The summed E-state index contributed by atoms with van der Waals surface area (Å²) >= 11 is 0. The fourth-order valence-corrected chi connectivity index (χ4v) is 1.93. The highest BCUT2D eigenvalue weighted by Gasteiger charge is 2.04. The van der Waals surface area contributed by atoms with E-state index in [1.54, 1.807) is 0 Å². The van der Waals surface area contributed by atoms with Crippen LogP contribution in [-0.4, -0.2) is 21.5 Å². The fraction of sp³-hybridized carbons (Fsp3) is 0.875. The molecule has 0 aliphatic carbocycles. The van der Waals surface area contributed by atoms with E-state index in [0.717, 1.165) is 12.8 Å². The smallest absolute Gasteiger partial charge is 0.145 e. The minimum atomic E-state index is -0.901. The van der Waals surface area contributed by atoms with Gasteiger partial charge >= 0.3 is 0 Å². The molecule has 0 N–H and O–H groups in total. The van der Waals surface area contributed by atoms with Crippen molar-refractivity contribution in [1.29, 1.82) is 0 Å². The third kappa shape index (κ3) is 6.23. The Balaban J connectivity index is 3.49. The number of rotatable bonds is 6. The van der Waals surface area contributed by atoms with E-state index in [1.807, 2.05) is 13.8 Å². The molecule has 0 radical (unpaired) electrons. The number of hydrogen-bond acceptors (Lipinski definition) is 2. The predicted molar refractivity (Wildman–Crippen MR) is 48.1 cm³/mol. The number of Topliss-reactive ketones (excluding diaryl/α,β-unsaturated/α-hetero) is 1. The standard InChI is InChI=1S/C8H16O2S/c1-3-5-8(9)7-11(10)6-4-2/h3-7H2,1-2H3. The zero-order valence-corrected chi connectivity index (χ0v) is 8.08. The second-order valence-corrected chi connectivity index (χ2v) is 4.15. The van der Waals surface area contributed by atoms with E-state index in [4.69, 9.17) is 0 Å². The summed E-state index contributed by atoms with van der Waals surface area (Å²) in [6.45, 7) is 3.93. The molecule has 0 spiro atoms. The first-order valence-corrected chi connectivity index (χ1v) is 5.56. The normalized spacial score (nSPS) is 12.9. The Morgan fingerprint density at radius 1 is 1.27 bits per heavy atom. The molecule has 0 rings (SSSR count). The highest BCUT2D eigenvalue weighted by atomic mass is 32.2. The third-order valence-corrected chi connectivity index (χ3v) is 2.79. The van der Waals surface area contributed by atoms with Crippen molar-refractivity contribution in [1.82, 2.24) is 0 Å². The molecule has 1 unspecified atom stereocenters. The van der Waals surface area contributed by atoms with Gasteiger partial charge in [0.1, 0.15) is 5.78 Å². The Kier molecular flexibility index (Phi) is 6.42. The minimum Gasteiger partial charge on any atom is -0.299 e. The van der Waals surface area contributed by atoms with Crippen molar-refractivity contribution >= 4 is 16.6 Å². The quantitative estimate of drug-likeness (QED) is 0.615. The van der Waals surface area contributed by atoms with E-state index < -0.39 is 10.8 Å². The Labute approximate surface area is 70.8 Å². The molecular weight excluding hydrogens is 160 g/mol. The summed E-state index contributed by atoms with van der Waals surface area (Å²) in [5.41, 5.74) is 0. The molecule has 0 amide bonds. The summed E-state index contributed by atoms with van der Waals surface area (Å²) in [6.07, 6.45) is 2.34. The average Bonchev–Trinajstić information content (AvgIpc) is 1.87. The molecule has 0 aliphatic heterocycles. The van der Waals surface area contributed by atoms with Gasteiger partial charge in [0, 0.05) is 23.0 Å². The van der Waals surface area contributed by atoms with E-state index in [2.05, 4.69) is 0 Å². The molecule has 0 aromatic rings. The van der Waals surface area contributed by atoms with Crippen LogP contribution in [0.1, 0.15) is 33.1 Å². The molecule has 1 atom stereocenters. The first kappa shape index (κ1) is 10.8. The Morgan fingerprint density at radius 2 is 1.91 bits per heavy atom. The number of hydrogen-bond donors (Lipinski definition) is 0. The van der Waals surface area contributed by atoms with Gasteiger partial charge in [-0.1, -0.05) is 13.8 Å². The van der Waals surface area contributed by atoms with E-state index in [9.17, 15) is 9.00 Å². The van der Waals surface area contributed by atoms with Gasteiger partial charge in [0.05, 0.1) is 5.75 Å². The third-order valence-electron chi connectivity index (χ3n) is 1.28. The maximum atomic E-state index is 11.0. The summed E-state index contributed by atoms with van der Waals surface area (Å²) in [7, 11) is -0.901. The Bertz CT molecular complexity index is 127. The number of carbonyl (C=O) groups is 1. The summed E-state index contributed by atoms with van der Waals surface area (Å²) < 4.78 is 11.0. The molecule has 0 aliphatic rings. The van der Waals surface area contributed by atoms with Gasteiger partial charge in [-0.05, 0) is 12.8 Å². The van der Waals surface area contributed by atoms with Gasteiger partial charge in [-0.25, -0.2) is 0 Å². The Hall–Kier alpha value is -0.180. The predicted octanol–water partition coefficient (Wildman–Crippen LogP) is 1.51. The lowest BCUT2D eigenvalue weighted by molar-refractivity contribution is -0.116. The highest BCUT2D eigenvalue weighted by molar-refractivity contribution is 7.85. The molecule has 0 bridgehead atoms. The van der Waals surface area contributed by atoms with Crippen molar-refractivity contribution in [3.8, 4) is 0 Å². The minimum absolute atomic E-state index is 0.138. The average molecular weight is 176 g/mol. The van der Waals surface area contributed by atoms with Crippen LogP contribution in [0, 0.1) is 0 Å². The maximum absolute atomic E-state index is 11.0. The van der Waals surface area contributed by atoms with Gasteiger partial charge in [0.25, 0.3) is 0 Å². The summed E-state index contributed by atoms with van der Waals surface area (Å²) in [5, 5.41) is 0. The van der Waals surface area contributed by atoms with Crippen LogP contribution in [0.15, 0.2) is 0 Å². The van der Waals surface area contributed by atoms with Crippen LogP contribution in [-0.2, 0) is 15.6 Å². The van der Waals surface area contributed by atoms with Crippen LogP contribution in [0.2, 0.25) is 0 Å². The fourth-order valence-electron chi connectivity index (χ4n) is 0.830. The van der Waals surface area contributed by atoms with Crippen molar-refractivity contribution in [2.75, 3.05) is 11.5 Å². The van der Waals surface area contributed by atoms with Gasteiger partial charge < -0.3 is 0 Å². The van der Waals surface area contributed by atoms with Crippen molar-refractivity contribution in [3.05, 3.63) is 0 Å². The topological polar surface area (TPSA) is 34.1 Å². The van der Waals surface area contributed by atoms with E-state index in [1.165, 1.54) is 0 Å². The second kappa shape index (κ2) is 6.53. The monoisotopic (exact) mass is 176 g/mol. The van der Waals surface area contributed by atoms with Crippen molar-refractivity contribution in [3.63, 3.8) is 0 Å². The van der Waals surface area contributed by atoms with Gasteiger partial charge in [-0.2, -0.15) is 0 Å². The highest BCUT2D eigenvalue weighted by Crippen LogP contribution is 1.93. The first-order chi connectivity index (χ1) is 5.20. The van der Waals surface area contributed by atoms with Crippen LogP contribution < -0.4 is 0 Å². The lowest BCUT2D eigenvalue weighted by Gasteiger charge is -1.97. The van der Waals surface area contributed by atoms with E-state index in [-0.39, 0.29) is 11.5 Å². The SMILES string of the molecule is CCCC(=O)CS(=O)CCC. The van der Waals surface area contributed by atoms with Crippen molar-refractivity contribution in [2.45, 2.75) is 33.1 Å². The molecule has 0 aromatic carbocycles. The molecular formula is C8H16O2S. The van der Waals surface area contributed by atoms with E-state index in [0.29, 0.717) is 12.2 Å². The molecule has 0 fully saturated rings. The Morgan fingerprint density at radius 3 is 2.36 bits per heavy atom. The van der Waals surface area contributed by atoms with Crippen LogP contribution in [0.5, 0.6) is 0 Å². The van der Waals surface area contributed by atoms with Gasteiger partial charge in [-0.3, -0.25) is 9.00 Å². The molecule has 2 nitrogen and oxygen atoms in total. The molecule has 3 heteroatoms. The van der Waals surface area contributed by atoms with Crippen LogP contribution in [0.3, 0.4) is 0 Å². The molecule has 0 saturated carbocycles. The first-order valence-electron chi connectivity index (χ1n) is 4.07. The largest absolute Gasteiger partial charge is 0.299 e. The summed E-state index contributed by atoms with van der Waals surface area (Å²) in [6, 6.07) is 0. The van der Waals surface area contributed by atoms with Crippen LogP contribution >= 0.6 is 0 Å². The zero-order valence-electron chi connectivity index (χ0n) is 7.26. The van der Waals surface area contributed by atoms with Crippen LogP contribution in [0.4, 0.5) is 0 Å². The molecule has 0 aromatic heterocycles. The van der Waals surface area contributed by atoms with Gasteiger partial charge in [-0.15, -0.1) is 0 Å². The molecule has 66 valence electrons. The summed E-state index contributed by atoms with van der Waals surface area (Å²) in [4.78, 5) is 10.9. The zero-order chi connectivity index (χ0) is 8.69. The van der Waals surface area contributed by atoms with Gasteiger partial charge in [0.15, 0.2) is 0 Å².